The molecule has 1 N–H and O–H groups in total. The normalized spacial score (nSPS) is 22.6. The number of Topliss-reactive ketones (excluding diaryl/α,β-unsaturated/α-hetero) is 1. The number of ketones is 1. The average molecular weight is 409 g/mol. The molecule has 30 heavy (non-hydrogen) atoms. The van der Waals surface area contributed by atoms with E-state index in [9.17, 15) is 9.90 Å². The highest BCUT2D eigenvalue weighted by molar-refractivity contribution is 6.01. The Labute approximate surface area is 176 Å². The number of hydrogen-bond donors (Lipinski definition) is 1. The van der Waals surface area contributed by atoms with Crippen LogP contribution in [0.2, 0.25) is 0 Å². The van der Waals surface area contributed by atoms with Crippen LogP contribution in [-0.4, -0.2) is 49.3 Å². The number of benzene rings is 2. The van der Waals surface area contributed by atoms with Crippen molar-refractivity contribution in [3.63, 3.8) is 0 Å². The molecule has 6 nitrogen and oxygen atoms in total. The zero-order valence-corrected chi connectivity index (χ0v) is 17.2. The monoisotopic (exact) mass is 409 g/mol. The first kappa shape index (κ1) is 19.4. The van der Waals surface area contributed by atoms with Gasteiger partial charge in [-0.2, -0.15) is 0 Å². The lowest BCUT2D eigenvalue weighted by molar-refractivity contribution is -0.0284. The predicted octanol–water partition coefficient (Wildman–Crippen LogP) is 3.15. The molecule has 2 heterocycles. The van der Waals surface area contributed by atoms with Gasteiger partial charge in [0.15, 0.2) is 17.3 Å². The number of likely N-dealkylation sites (tertiary alicyclic amines) is 1. The van der Waals surface area contributed by atoms with E-state index in [1.54, 1.807) is 7.11 Å². The molecule has 5 rings (SSSR count). The smallest absolute Gasteiger partial charge is 0.231 e. The van der Waals surface area contributed by atoms with Crippen molar-refractivity contribution in [2.24, 2.45) is 5.92 Å². The average Bonchev–Trinajstić information content (AvgIpc) is 3.24. The number of aryl methyl sites for hydroxylation is 1. The fourth-order valence-electron chi connectivity index (χ4n) is 4.89. The van der Waals surface area contributed by atoms with Gasteiger partial charge in [0.2, 0.25) is 6.79 Å². The van der Waals surface area contributed by atoms with Crippen LogP contribution in [0.4, 0.5) is 0 Å². The molecule has 0 aromatic heterocycles. The van der Waals surface area contributed by atoms with E-state index in [0.29, 0.717) is 18.6 Å². The van der Waals surface area contributed by atoms with Crippen molar-refractivity contribution >= 4 is 5.78 Å². The van der Waals surface area contributed by atoms with Crippen LogP contribution < -0.4 is 14.2 Å². The lowest BCUT2D eigenvalue weighted by atomic mass is 9.80. The first-order valence-corrected chi connectivity index (χ1v) is 10.6. The minimum absolute atomic E-state index is 0.0131. The van der Waals surface area contributed by atoms with Crippen LogP contribution in [0.25, 0.3) is 0 Å². The fraction of sp³-hybridized carbons (Fsp3) is 0.458. The Hall–Kier alpha value is -2.57. The highest BCUT2D eigenvalue weighted by atomic mass is 16.7. The van der Waals surface area contributed by atoms with E-state index in [2.05, 4.69) is 4.90 Å². The minimum Gasteiger partial charge on any atom is -0.497 e. The molecule has 1 atom stereocenters. The van der Waals surface area contributed by atoms with Gasteiger partial charge >= 0.3 is 0 Å². The molecule has 0 radical (unpaired) electrons. The number of piperidine rings is 1. The van der Waals surface area contributed by atoms with Crippen molar-refractivity contribution in [3.05, 3.63) is 53.1 Å². The Balaban J connectivity index is 1.24. The Kier molecular flexibility index (Phi) is 4.91. The van der Waals surface area contributed by atoms with E-state index >= 15 is 0 Å². The first-order valence-electron chi connectivity index (χ1n) is 10.6. The number of ether oxygens (including phenoxy) is 3. The lowest BCUT2D eigenvalue weighted by Gasteiger charge is -2.40. The first-order chi connectivity index (χ1) is 14.6. The molecule has 0 amide bonds. The van der Waals surface area contributed by atoms with Crippen molar-refractivity contribution in [2.45, 2.75) is 31.3 Å². The Morgan fingerprint density at radius 3 is 2.70 bits per heavy atom. The summed E-state index contributed by atoms with van der Waals surface area (Å²) in [4.78, 5) is 15.4. The maximum Gasteiger partial charge on any atom is 0.231 e. The summed E-state index contributed by atoms with van der Waals surface area (Å²) in [5.74, 6) is 2.36. The third kappa shape index (κ3) is 3.44. The Morgan fingerprint density at radius 2 is 1.93 bits per heavy atom. The van der Waals surface area contributed by atoms with E-state index in [1.165, 1.54) is 0 Å². The molecule has 0 bridgehead atoms. The SMILES string of the molecule is COc1cccc(C2(O)CCN(CC3CCc4cc5c(cc4C3=O)OCO5)CC2)c1. The number of carbonyl (C=O) groups is 1. The maximum atomic E-state index is 13.1. The Morgan fingerprint density at radius 1 is 1.17 bits per heavy atom. The van der Waals surface area contributed by atoms with E-state index in [1.807, 2.05) is 36.4 Å². The topological polar surface area (TPSA) is 68.2 Å². The number of carbonyl (C=O) groups excluding carboxylic acids is 1. The van der Waals surface area contributed by atoms with Gasteiger partial charge in [0.1, 0.15) is 5.75 Å². The van der Waals surface area contributed by atoms with Crippen LogP contribution in [0.15, 0.2) is 36.4 Å². The molecule has 0 spiro atoms. The molecular weight excluding hydrogens is 382 g/mol. The quantitative estimate of drug-likeness (QED) is 0.837. The van der Waals surface area contributed by atoms with Crippen LogP contribution >= 0.6 is 0 Å². The largest absolute Gasteiger partial charge is 0.497 e. The number of nitrogens with zero attached hydrogens (tertiary/aromatic N) is 1. The van der Waals surface area contributed by atoms with Gasteiger partial charge < -0.3 is 24.2 Å². The molecular formula is C24H27NO5. The van der Waals surface area contributed by atoms with Crippen LogP contribution in [0, 0.1) is 5.92 Å². The summed E-state index contributed by atoms with van der Waals surface area (Å²) in [5.41, 5.74) is 1.90. The molecule has 6 heteroatoms. The van der Waals surface area contributed by atoms with Crippen molar-refractivity contribution in [1.29, 1.82) is 0 Å². The summed E-state index contributed by atoms with van der Waals surface area (Å²) >= 11 is 0. The predicted molar refractivity (Wildman–Crippen MR) is 111 cm³/mol. The standard InChI is InChI=1S/C24H27NO5/c1-28-19-4-2-3-18(12-19)24(27)7-9-25(10-8-24)14-17-6-5-16-11-21-22(30-15-29-21)13-20(16)23(17)26/h2-4,11-13,17,27H,5-10,14-15H2,1H3. The van der Waals surface area contributed by atoms with Gasteiger partial charge in [-0.05, 0) is 61.1 Å². The molecule has 2 aliphatic heterocycles. The van der Waals surface area contributed by atoms with Crippen LogP contribution in [0.3, 0.4) is 0 Å². The summed E-state index contributed by atoms with van der Waals surface area (Å²) < 4.78 is 16.2. The minimum atomic E-state index is -0.841. The fourth-order valence-corrected chi connectivity index (χ4v) is 4.89. The van der Waals surface area contributed by atoms with Gasteiger partial charge in [0.05, 0.1) is 12.7 Å². The van der Waals surface area contributed by atoms with Crippen molar-refractivity contribution < 1.29 is 24.1 Å². The molecule has 1 saturated heterocycles. The maximum absolute atomic E-state index is 13.1. The third-order valence-electron chi connectivity index (χ3n) is 6.77. The van der Waals surface area contributed by atoms with Crippen molar-refractivity contribution in [2.75, 3.05) is 33.5 Å². The molecule has 2 aromatic carbocycles. The molecule has 3 aliphatic rings. The molecule has 2 aromatic rings. The second kappa shape index (κ2) is 7.60. The third-order valence-corrected chi connectivity index (χ3v) is 6.77. The van der Waals surface area contributed by atoms with E-state index in [-0.39, 0.29) is 18.5 Å². The Bertz CT molecular complexity index is 964. The summed E-state index contributed by atoms with van der Waals surface area (Å²) in [6.07, 6.45) is 3.03. The van der Waals surface area contributed by atoms with Gasteiger partial charge in [0.25, 0.3) is 0 Å². The van der Waals surface area contributed by atoms with Crippen molar-refractivity contribution in [3.8, 4) is 17.2 Å². The van der Waals surface area contributed by atoms with Crippen molar-refractivity contribution in [1.82, 2.24) is 4.90 Å². The second-order valence-corrected chi connectivity index (χ2v) is 8.53. The molecule has 158 valence electrons. The van der Waals surface area contributed by atoms with E-state index in [4.69, 9.17) is 14.2 Å². The molecule has 1 fully saturated rings. The zero-order valence-electron chi connectivity index (χ0n) is 17.2. The highest BCUT2D eigenvalue weighted by Gasteiger charge is 2.37. The van der Waals surface area contributed by atoms with Gasteiger partial charge in [-0.25, -0.2) is 0 Å². The summed E-state index contributed by atoms with van der Waals surface area (Å²) in [6.45, 7) is 2.50. The molecule has 1 aliphatic carbocycles. The molecule has 1 unspecified atom stereocenters. The van der Waals surface area contributed by atoms with Gasteiger partial charge in [-0.3, -0.25) is 4.79 Å². The number of fused-ring (bicyclic) bond motifs is 2. The van der Waals surface area contributed by atoms with Gasteiger partial charge in [-0.15, -0.1) is 0 Å². The van der Waals surface area contributed by atoms with Crippen LogP contribution in [-0.2, 0) is 12.0 Å². The summed E-state index contributed by atoms with van der Waals surface area (Å²) in [5, 5.41) is 11.2. The number of rotatable bonds is 4. The zero-order chi connectivity index (χ0) is 20.7. The highest BCUT2D eigenvalue weighted by Crippen LogP contribution is 2.39. The van der Waals surface area contributed by atoms with Gasteiger partial charge in [-0.1, -0.05) is 12.1 Å². The lowest BCUT2D eigenvalue weighted by Crippen LogP contribution is -2.45. The molecule has 0 saturated carbocycles. The summed E-state index contributed by atoms with van der Waals surface area (Å²) in [6, 6.07) is 11.5. The van der Waals surface area contributed by atoms with Crippen LogP contribution in [0.1, 0.15) is 40.7 Å². The second-order valence-electron chi connectivity index (χ2n) is 8.53. The van der Waals surface area contributed by atoms with E-state index < -0.39 is 5.60 Å². The van der Waals surface area contributed by atoms with Crippen LogP contribution in [0.5, 0.6) is 17.2 Å². The number of methoxy groups -OCH3 is 1. The number of hydrogen-bond acceptors (Lipinski definition) is 6. The number of aliphatic hydroxyl groups is 1. The van der Waals surface area contributed by atoms with Gasteiger partial charge in [0, 0.05) is 31.1 Å². The van der Waals surface area contributed by atoms with E-state index in [0.717, 1.165) is 60.7 Å². The summed E-state index contributed by atoms with van der Waals surface area (Å²) in [7, 11) is 1.64.